The Hall–Kier alpha value is -0.960. The highest BCUT2D eigenvalue weighted by atomic mass is 32.2. The lowest BCUT2D eigenvalue weighted by molar-refractivity contribution is -0.111. The first-order valence-corrected chi connectivity index (χ1v) is 8.03. The van der Waals surface area contributed by atoms with Crippen LogP contribution in [0.5, 0.6) is 0 Å². The van der Waals surface area contributed by atoms with Gasteiger partial charge in [0.15, 0.2) is 0 Å². The summed E-state index contributed by atoms with van der Waals surface area (Å²) >= 11 is 1.59. The number of nitrogens with zero attached hydrogens (tertiary/aromatic N) is 1. The minimum atomic E-state index is 0.00454. The maximum atomic E-state index is 12.2. The van der Waals surface area contributed by atoms with E-state index in [1.165, 1.54) is 30.5 Å². The number of hydrogen-bond acceptors (Lipinski definition) is 3. The molecule has 102 valence electrons. The van der Waals surface area contributed by atoms with Crippen molar-refractivity contribution >= 4 is 22.6 Å². The van der Waals surface area contributed by atoms with Crippen LogP contribution in [0.25, 0.3) is 0 Å². The maximum Gasteiger partial charge on any atom is 0.213 e. The fourth-order valence-corrected chi connectivity index (χ4v) is 4.97. The molecule has 0 aromatic heterocycles. The van der Waals surface area contributed by atoms with Crippen LogP contribution in [0.3, 0.4) is 0 Å². The van der Waals surface area contributed by atoms with Gasteiger partial charge in [0.05, 0.1) is 10.9 Å². The van der Waals surface area contributed by atoms with Crippen LogP contribution in [-0.2, 0) is 4.79 Å². The summed E-state index contributed by atoms with van der Waals surface area (Å²) in [6, 6.07) is 8.59. The molecule has 1 aliphatic heterocycles. The summed E-state index contributed by atoms with van der Waals surface area (Å²) in [6.07, 6.45) is 6.08. The molecule has 1 aliphatic carbocycles. The minimum absolute atomic E-state index is 0.00454. The van der Waals surface area contributed by atoms with Crippen LogP contribution in [0.15, 0.2) is 24.3 Å². The zero-order valence-electron chi connectivity index (χ0n) is 11.7. The zero-order valence-corrected chi connectivity index (χ0v) is 12.5. The molecule has 2 aliphatic rings. The van der Waals surface area contributed by atoms with Crippen molar-refractivity contribution in [3.05, 3.63) is 29.8 Å². The highest BCUT2D eigenvalue weighted by Crippen LogP contribution is 2.51. The van der Waals surface area contributed by atoms with Crippen LogP contribution in [-0.4, -0.2) is 16.0 Å². The first-order valence-electron chi connectivity index (χ1n) is 7.21. The minimum Gasteiger partial charge on any atom is -0.346 e. The van der Waals surface area contributed by atoms with Crippen molar-refractivity contribution < 1.29 is 4.79 Å². The van der Waals surface area contributed by atoms with Gasteiger partial charge in [-0.1, -0.05) is 43.2 Å². The van der Waals surface area contributed by atoms with Gasteiger partial charge in [0.2, 0.25) is 5.12 Å². The molecule has 3 rings (SSSR count). The van der Waals surface area contributed by atoms with Gasteiger partial charge in [-0.05, 0) is 44.4 Å². The Labute approximate surface area is 119 Å². The van der Waals surface area contributed by atoms with E-state index in [1.54, 1.807) is 11.8 Å². The topological polar surface area (TPSA) is 20.3 Å². The Morgan fingerprint density at radius 3 is 2.68 bits per heavy atom. The third-order valence-corrected chi connectivity index (χ3v) is 5.90. The average Bonchev–Trinajstić information content (AvgIpc) is 2.62. The molecule has 1 aromatic rings. The third-order valence-electron chi connectivity index (χ3n) is 4.37. The largest absolute Gasteiger partial charge is 0.346 e. The van der Waals surface area contributed by atoms with E-state index < -0.39 is 0 Å². The van der Waals surface area contributed by atoms with Gasteiger partial charge in [-0.25, -0.2) is 0 Å². The molecule has 3 heteroatoms. The summed E-state index contributed by atoms with van der Waals surface area (Å²) in [5.74, 6) is 0. The molecule has 1 unspecified atom stereocenters. The van der Waals surface area contributed by atoms with Gasteiger partial charge in [0.25, 0.3) is 0 Å². The van der Waals surface area contributed by atoms with Crippen LogP contribution >= 0.6 is 11.8 Å². The second-order valence-corrected chi connectivity index (χ2v) is 7.18. The van der Waals surface area contributed by atoms with Crippen LogP contribution in [0.1, 0.15) is 44.6 Å². The Morgan fingerprint density at radius 2 is 2.00 bits per heavy atom. The van der Waals surface area contributed by atoms with E-state index in [4.69, 9.17) is 0 Å². The first-order chi connectivity index (χ1) is 9.12. The van der Waals surface area contributed by atoms with Gasteiger partial charge in [0, 0.05) is 5.69 Å². The van der Waals surface area contributed by atoms with E-state index in [9.17, 15) is 4.79 Å². The molecular formula is C16H21NOS. The fourth-order valence-electron chi connectivity index (χ4n) is 3.46. The van der Waals surface area contributed by atoms with Crippen LogP contribution in [0.4, 0.5) is 5.69 Å². The first kappa shape index (κ1) is 13.0. The molecule has 1 atom stereocenters. The van der Waals surface area contributed by atoms with E-state index >= 15 is 0 Å². The molecule has 19 heavy (non-hydrogen) atoms. The predicted octanol–water partition coefficient (Wildman–Crippen LogP) is 4.12. The number of hydrogen-bond donors (Lipinski definition) is 0. The zero-order chi connectivity index (χ0) is 13.5. The molecule has 1 heterocycles. The van der Waals surface area contributed by atoms with E-state index in [1.807, 2.05) is 0 Å². The van der Waals surface area contributed by atoms with Crippen molar-refractivity contribution in [3.63, 3.8) is 0 Å². The van der Waals surface area contributed by atoms with Crippen molar-refractivity contribution in [2.75, 3.05) is 4.90 Å². The van der Waals surface area contributed by atoms with Gasteiger partial charge < -0.3 is 4.90 Å². The smallest absolute Gasteiger partial charge is 0.213 e. The number of thioether (sulfide) groups is 1. The van der Waals surface area contributed by atoms with E-state index in [0.29, 0.717) is 5.12 Å². The Morgan fingerprint density at radius 1 is 1.26 bits per heavy atom. The number of anilines is 1. The maximum absolute atomic E-state index is 12.2. The van der Waals surface area contributed by atoms with E-state index in [-0.39, 0.29) is 10.9 Å². The lowest BCUT2D eigenvalue weighted by atomic mass is 9.92. The van der Waals surface area contributed by atoms with Crippen molar-refractivity contribution in [2.24, 2.45) is 0 Å². The third kappa shape index (κ3) is 2.18. The van der Waals surface area contributed by atoms with Gasteiger partial charge >= 0.3 is 0 Å². The monoisotopic (exact) mass is 275 g/mol. The van der Waals surface area contributed by atoms with Gasteiger partial charge in [0.1, 0.15) is 0 Å². The molecule has 2 nitrogen and oxygen atoms in total. The SMILES string of the molecule is Cc1cccc(N2C(C)C(=O)SC23CCCCC3)c1. The number of aryl methyl sites for hydroxylation is 1. The number of carbonyl (C=O) groups excluding carboxylic acids is 1. The van der Waals surface area contributed by atoms with Crippen LogP contribution < -0.4 is 4.90 Å². The molecule has 0 amide bonds. The fraction of sp³-hybridized carbons (Fsp3) is 0.562. The molecule has 2 fully saturated rings. The summed E-state index contributed by atoms with van der Waals surface area (Å²) in [6.45, 7) is 4.17. The molecule has 0 radical (unpaired) electrons. The van der Waals surface area contributed by atoms with Gasteiger partial charge in [-0.2, -0.15) is 0 Å². The summed E-state index contributed by atoms with van der Waals surface area (Å²) in [4.78, 5) is 14.7. The quantitative estimate of drug-likeness (QED) is 0.769. The summed E-state index contributed by atoms with van der Waals surface area (Å²) < 4.78 is 0. The summed E-state index contributed by atoms with van der Waals surface area (Å²) in [7, 11) is 0. The highest BCUT2D eigenvalue weighted by Gasteiger charge is 2.50. The predicted molar refractivity (Wildman–Crippen MR) is 81.5 cm³/mol. The normalized spacial score (nSPS) is 26.1. The van der Waals surface area contributed by atoms with Gasteiger partial charge in [-0.3, -0.25) is 4.79 Å². The summed E-state index contributed by atoms with van der Waals surface area (Å²) in [5.41, 5.74) is 2.48. The van der Waals surface area contributed by atoms with Crippen molar-refractivity contribution in [1.29, 1.82) is 0 Å². The molecular weight excluding hydrogens is 254 g/mol. The lowest BCUT2D eigenvalue weighted by Crippen LogP contribution is -2.47. The van der Waals surface area contributed by atoms with Crippen molar-refractivity contribution in [2.45, 2.75) is 56.9 Å². The lowest BCUT2D eigenvalue weighted by Gasteiger charge is -2.42. The second kappa shape index (κ2) is 4.86. The molecule has 0 N–H and O–H groups in total. The molecule has 1 saturated heterocycles. The van der Waals surface area contributed by atoms with E-state index in [0.717, 1.165) is 12.8 Å². The molecule has 1 aromatic carbocycles. The van der Waals surface area contributed by atoms with Crippen LogP contribution in [0, 0.1) is 6.92 Å². The Balaban J connectivity index is 2.02. The number of carbonyl (C=O) groups is 1. The van der Waals surface area contributed by atoms with Crippen molar-refractivity contribution in [1.82, 2.24) is 0 Å². The van der Waals surface area contributed by atoms with Gasteiger partial charge in [-0.15, -0.1) is 0 Å². The number of rotatable bonds is 1. The Bertz CT molecular complexity index is 493. The average molecular weight is 275 g/mol. The van der Waals surface area contributed by atoms with Crippen LogP contribution in [0.2, 0.25) is 0 Å². The highest BCUT2D eigenvalue weighted by molar-refractivity contribution is 8.15. The van der Waals surface area contributed by atoms with E-state index in [2.05, 4.69) is 43.0 Å². The molecule has 0 bridgehead atoms. The van der Waals surface area contributed by atoms with Crippen molar-refractivity contribution in [3.8, 4) is 0 Å². The molecule has 1 spiro atoms. The molecule has 1 saturated carbocycles. The number of benzene rings is 1. The summed E-state index contributed by atoms with van der Waals surface area (Å²) in [5, 5.41) is 0.336. The second-order valence-electron chi connectivity index (χ2n) is 5.81. The standard InChI is InChI=1S/C16H21NOS/c1-12-7-6-8-14(11-12)17-13(2)15(18)19-16(17)9-4-3-5-10-16/h6-8,11,13H,3-5,9-10H2,1-2H3. The Kier molecular flexibility index (Phi) is 3.34.